The summed E-state index contributed by atoms with van der Waals surface area (Å²) in [5.74, 6) is 0.995. The van der Waals surface area contributed by atoms with Crippen LogP contribution in [-0.4, -0.2) is 17.6 Å². The molecule has 3 heteroatoms. The lowest BCUT2D eigenvalue weighted by Crippen LogP contribution is -2.22. The number of rotatable bonds is 6. The van der Waals surface area contributed by atoms with Crippen LogP contribution in [0, 0.1) is 6.92 Å². The molecule has 0 aliphatic rings. The van der Waals surface area contributed by atoms with E-state index in [1.165, 1.54) is 16.8 Å². The maximum absolute atomic E-state index is 4.61. The van der Waals surface area contributed by atoms with Gasteiger partial charge in [0.2, 0.25) is 0 Å². The molecule has 0 bridgehead atoms. The maximum atomic E-state index is 4.61. The first-order chi connectivity index (χ1) is 10.1. The number of pyridine rings is 1. The highest BCUT2D eigenvalue weighted by Gasteiger charge is 2.08. The maximum Gasteiger partial charge on any atom is 0.132 e. The van der Waals surface area contributed by atoms with E-state index in [9.17, 15) is 0 Å². The van der Waals surface area contributed by atoms with Gasteiger partial charge in [-0.05, 0) is 37.6 Å². The fourth-order valence-electron chi connectivity index (χ4n) is 2.20. The van der Waals surface area contributed by atoms with Crippen molar-refractivity contribution in [2.45, 2.75) is 40.3 Å². The molecule has 1 aromatic carbocycles. The third-order valence-corrected chi connectivity index (χ3v) is 3.46. The summed E-state index contributed by atoms with van der Waals surface area (Å²) in [6.07, 6.45) is 1.96. The zero-order chi connectivity index (χ0) is 15.2. The molecule has 0 spiro atoms. The number of nitrogens with one attached hydrogen (secondary N) is 1. The molecule has 0 saturated heterocycles. The minimum absolute atomic E-state index is 0.490. The number of hydrogen-bond donors (Lipinski definition) is 1. The summed E-state index contributed by atoms with van der Waals surface area (Å²) >= 11 is 0. The summed E-state index contributed by atoms with van der Waals surface area (Å²) in [7, 11) is 0. The van der Waals surface area contributed by atoms with Crippen molar-refractivity contribution >= 4 is 11.5 Å². The van der Waals surface area contributed by atoms with Crippen LogP contribution in [0.15, 0.2) is 42.6 Å². The van der Waals surface area contributed by atoms with E-state index in [-0.39, 0.29) is 0 Å². The minimum Gasteiger partial charge on any atom is -0.327 e. The van der Waals surface area contributed by atoms with Crippen LogP contribution < -0.4 is 10.2 Å². The lowest BCUT2D eigenvalue weighted by atomic mass is 10.2. The Morgan fingerprint density at radius 1 is 1.10 bits per heavy atom. The zero-order valence-corrected chi connectivity index (χ0v) is 13.4. The van der Waals surface area contributed by atoms with Gasteiger partial charge in [-0.15, -0.1) is 0 Å². The standard InChI is InChI=1S/C18H25N3/c1-5-21(17-9-6-15(4)7-10-17)18-11-8-16(13-20-18)12-19-14(2)3/h6-11,13-14,19H,5,12H2,1-4H3. The molecule has 2 aromatic rings. The molecule has 0 atom stereocenters. The Bertz CT molecular complexity index is 544. The van der Waals surface area contributed by atoms with Crippen molar-refractivity contribution in [3.05, 3.63) is 53.7 Å². The first-order valence-electron chi connectivity index (χ1n) is 7.62. The molecule has 21 heavy (non-hydrogen) atoms. The number of aromatic nitrogens is 1. The van der Waals surface area contributed by atoms with Gasteiger partial charge in [-0.3, -0.25) is 0 Å². The van der Waals surface area contributed by atoms with E-state index in [1.807, 2.05) is 6.20 Å². The van der Waals surface area contributed by atoms with Gasteiger partial charge in [0.15, 0.2) is 0 Å². The monoisotopic (exact) mass is 283 g/mol. The van der Waals surface area contributed by atoms with E-state index in [0.717, 1.165) is 18.9 Å². The highest BCUT2D eigenvalue weighted by atomic mass is 15.2. The molecule has 1 aromatic heterocycles. The first-order valence-corrected chi connectivity index (χ1v) is 7.62. The van der Waals surface area contributed by atoms with E-state index >= 15 is 0 Å². The molecular formula is C18H25N3. The van der Waals surface area contributed by atoms with E-state index in [4.69, 9.17) is 0 Å². The largest absolute Gasteiger partial charge is 0.327 e. The smallest absolute Gasteiger partial charge is 0.132 e. The second-order valence-electron chi connectivity index (χ2n) is 5.64. The molecule has 0 saturated carbocycles. The van der Waals surface area contributed by atoms with Gasteiger partial charge in [-0.2, -0.15) is 0 Å². The molecule has 1 N–H and O–H groups in total. The Balaban J connectivity index is 2.13. The predicted molar refractivity (Wildman–Crippen MR) is 90.1 cm³/mol. The Morgan fingerprint density at radius 3 is 2.33 bits per heavy atom. The van der Waals surface area contributed by atoms with Crippen LogP contribution in [-0.2, 0) is 6.54 Å². The van der Waals surface area contributed by atoms with Gasteiger partial charge in [-0.1, -0.05) is 37.6 Å². The van der Waals surface area contributed by atoms with Crippen molar-refractivity contribution in [3.8, 4) is 0 Å². The highest BCUT2D eigenvalue weighted by molar-refractivity contribution is 5.60. The van der Waals surface area contributed by atoms with Gasteiger partial charge in [0.05, 0.1) is 0 Å². The number of anilines is 2. The van der Waals surface area contributed by atoms with Crippen LogP contribution in [0.3, 0.4) is 0 Å². The number of nitrogens with zero attached hydrogens (tertiary/aromatic N) is 2. The molecule has 0 unspecified atom stereocenters. The third-order valence-electron chi connectivity index (χ3n) is 3.46. The number of hydrogen-bond acceptors (Lipinski definition) is 3. The second-order valence-corrected chi connectivity index (χ2v) is 5.64. The van der Waals surface area contributed by atoms with E-state index in [2.05, 4.69) is 79.3 Å². The minimum atomic E-state index is 0.490. The quantitative estimate of drug-likeness (QED) is 0.867. The summed E-state index contributed by atoms with van der Waals surface area (Å²) in [6.45, 7) is 10.3. The van der Waals surface area contributed by atoms with Gasteiger partial charge >= 0.3 is 0 Å². The van der Waals surface area contributed by atoms with Crippen molar-refractivity contribution in [1.82, 2.24) is 10.3 Å². The average molecular weight is 283 g/mol. The van der Waals surface area contributed by atoms with E-state index < -0.39 is 0 Å². The molecule has 3 nitrogen and oxygen atoms in total. The van der Waals surface area contributed by atoms with Crippen molar-refractivity contribution in [2.24, 2.45) is 0 Å². The molecule has 0 radical (unpaired) electrons. The lowest BCUT2D eigenvalue weighted by Gasteiger charge is -2.22. The predicted octanol–water partition coefficient (Wildman–Crippen LogP) is 4.05. The Hall–Kier alpha value is -1.87. The molecule has 2 rings (SSSR count). The topological polar surface area (TPSA) is 28.2 Å². The normalized spacial score (nSPS) is 10.9. The van der Waals surface area contributed by atoms with Crippen LogP contribution in [0.4, 0.5) is 11.5 Å². The van der Waals surface area contributed by atoms with Gasteiger partial charge < -0.3 is 10.2 Å². The Morgan fingerprint density at radius 2 is 1.81 bits per heavy atom. The van der Waals surface area contributed by atoms with Crippen molar-refractivity contribution < 1.29 is 0 Å². The summed E-state index contributed by atoms with van der Waals surface area (Å²) in [6, 6.07) is 13.3. The lowest BCUT2D eigenvalue weighted by molar-refractivity contribution is 0.588. The summed E-state index contributed by atoms with van der Waals surface area (Å²) < 4.78 is 0. The second kappa shape index (κ2) is 7.23. The molecule has 1 heterocycles. The number of benzene rings is 1. The van der Waals surface area contributed by atoms with E-state index in [0.29, 0.717) is 6.04 Å². The molecular weight excluding hydrogens is 258 g/mol. The Kier molecular flexibility index (Phi) is 5.34. The van der Waals surface area contributed by atoms with Crippen LogP contribution in [0.5, 0.6) is 0 Å². The molecule has 0 amide bonds. The van der Waals surface area contributed by atoms with Gasteiger partial charge in [0, 0.05) is 31.0 Å². The van der Waals surface area contributed by atoms with Gasteiger partial charge in [-0.25, -0.2) is 4.98 Å². The number of aryl methyl sites for hydroxylation is 1. The van der Waals surface area contributed by atoms with Crippen LogP contribution in [0.25, 0.3) is 0 Å². The van der Waals surface area contributed by atoms with Crippen molar-refractivity contribution in [2.75, 3.05) is 11.4 Å². The first kappa shape index (κ1) is 15.5. The summed E-state index contributed by atoms with van der Waals surface area (Å²) in [5.41, 5.74) is 3.67. The summed E-state index contributed by atoms with van der Waals surface area (Å²) in [5, 5.41) is 3.41. The fourth-order valence-corrected chi connectivity index (χ4v) is 2.20. The molecule has 0 fully saturated rings. The average Bonchev–Trinajstić information content (AvgIpc) is 2.49. The third kappa shape index (κ3) is 4.30. The van der Waals surface area contributed by atoms with E-state index in [1.54, 1.807) is 0 Å². The van der Waals surface area contributed by atoms with Crippen LogP contribution in [0.2, 0.25) is 0 Å². The van der Waals surface area contributed by atoms with Crippen LogP contribution >= 0.6 is 0 Å². The SMILES string of the molecule is CCN(c1ccc(C)cc1)c1ccc(CNC(C)C)cn1. The van der Waals surface area contributed by atoms with Gasteiger partial charge in [0.25, 0.3) is 0 Å². The van der Waals surface area contributed by atoms with Gasteiger partial charge in [0.1, 0.15) is 5.82 Å². The highest BCUT2D eigenvalue weighted by Crippen LogP contribution is 2.23. The van der Waals surface area contributed by atoms with Crippen LogP contribution in [0.1, 0.15) is 31.9 Å². The van der Waals surface area contributed by atoms with Crippen molar-refractivity contribution in [3.63, 3.8) is 0 Å². The molecule has 0 aliphatic heterocycles. The summed E-state index contributed by atoms with van der Waals surface area (Å²) in [4.78, 5) is 6.83. The van der Waals surface area contributed by atoms with Crippen molar-refractivity contribution in [1.29, 1.82) is 0 Å². The zero-order valence-electron chi connectivity index (χ0n) is 13.4. The molecule has 112 valence electrons. The molecule has 0 aliphatic carbocycles. The fraction of sp³-hybridized carbons (Fsp3) is 0.389. The Labute approximate surface area is 128 Å².